The van der Waals surface area contributed by atoms with Crippen LogP contribution in [0.15, 0.2) is 24.3 Å². The number of aromatic nitrogens is 3. The van der Waals surface area contributed by atoms with Crippen molar-refractivity contribution in [2.75, 3.05) is 11.9 Å². The van der Waals surface area contributed by atoms with Gasteiger partial charge < -0.3 is 10.1 Å². The van der Waals surface area contributed by atoms with Gasteiger partial charge in [0.2, 0.25) is 5.88 Å². The van der Waals surface area contributed by atoms with Gasteiger partial charge >= 0.3 is 0 Å². The summed E-state index contributed by atoms with van der Waals surface area (Å²) in [7, 11) is 0. The van der Waals surface area contributed by atoms with E-state index < -0.39 is 0 Å². The van der Waals surface area contributed by atoms with Gasteiger partial charge in [0.05, 0.1) is 27.0 Å². The lowest BCUT2D eigenvalue weighted by atomic mass is 10.1. The molecule has 1 unspecified atom stereocenters. The average molecular weight is 410 g/mol. The van der Waals surface area contributed by atoms with Crippen molar-refractivity contribution < 1.29 is 9.13 Å². The van der Waals surface area contributed by atoms with E-state index in [1.165, 1.54) is 6.07 Å². The number of pyridine rings is 1. The molecule has 0 bridgehead atoms. The van der Waals surface area contributed by atoms with E-state index in [1.54, 1.807) is 6.07 Å². The Morgan fingerprint density at radius 3 is 3.09 bits per heavy atom. The minimum absolute atomic E-state index is 0.0604. The van der Waals surface area contributed by atoms with Gasteiger partial charge in [-0.2, -0.15) is 5.10 Å². The van der Waals surface area contributed by atoms with E-state index in [4.69, 9.17) is 4.74 Å². The summed E-state index contributed by atoms with van der Waals surface area (Å²) in [4.78, 5) is 4.52. The lowest BCUT2D eigenvalue weighted by molar-refractivity contribution is 0.217. The predicted octanol–water partition coefficient (Wildman–Crippen LogP) is 3.56. The van der Waals surface area contributed by atoms with Gasteiger partial charge in [-0.1, -0.05) is 0 Å². The number of hydrogen-bond acceptors (Lipinski definition) is 4. The molecule has 1 atom stereocenters. The van der Waals surface area contributed by atoms with E-state index in [0.717, 1.165) is 17.7 Å². The minimum atomic E-state index is -0.264. The first kappa shape index (κ1) is 13.7. The third-order valence-electron chi connectivity index (χ3n) is 3.60. The van der Waals surface area contributed by atoms with Crippen LogP contribution in [-0.2, 0) is 0 Å². The fourth-order valence-electron chi connectivity index (χ4n) is 2.49. The van der Waals surface area contributed by atoms with E-state index >= 15 is 0 Å². The Labute approximate surface area is 139 Å². The fraction of sp³-hybridized carbons (Fsp3) is 0.200. The number of H-pyrrole nitrogens is 1. The van der Waals surface area contributed by atoms with Crippen molar-refractivity contribution in [2.45, 2.75) is 13.0 Å². The molecule has 0 spiro atoms. The molecule has 0 radical (unpaired) electrons. The second kappa shape index (κ2) is 5.08. The average Bonchev–Trinajstić information content (AvgIpc) is 2.89. The smallest absolute Gasteiger partial charge is 0.238 e. The molecule has 7 heteroatoms. The van der Waals surface area contributed by atoms with Gasteiger partial charge in [-0.25, -0.2) is 9.37 Å². The summed E-state index contributed by atoms with van der Waals surface area (Å²) in [6, 6.07) is 6.99. The summed E-state index contributed by atoms with van der Waals surface area (Å²) in [5.74, 6) is 0.290. The molecule has 1 aliphatic heterocycles. The maximum Gasteiger partial charge on any atom is 0.238 e. The Morgan fingerprint density at radius 2 is 2.23 bits per heavy atom. The number of fused-ring (bicyclic) bond motifs is 2. The maximum absolute atomic E-state index is 13.8. The van der Waals surface area contributed by atoms with Gasteiger partial charge in [0.1, 0.15) is 17.6 Å². The summed E-state index contributed by atoms with van der Waals surface area (Å²) in [6.07, 6.45) is 0.0604. The van der Waals surface area contributed by atoms with Crippen LogP contribution in [0.5, 0.6) is 5.88 Å². The van der Waals surface area contributed by atoms with E-state index in [2.05, 4.69) is 20.5 Å². The predicted molar refractivity (Wildman–Crippen MR) is 90.6 cm³/mol. The number of anilines is 1. The number of ether oxygens (including phenoxy) is 1. The van der Waals surface area contributed by atoms with E-state index in [0.29, 0.717) is 26.2 Å². The summed E-state index contributed by atoms with van der Waals surface area (Å²) in [6.45, 7) is 2.73. The molecular weight excluding hydrogens is 398 g/mol. The van der Waals surface area contributed by atoms with Crippen molar-refractivity contribution in [3.05, 3.63) is 33.7 Å². The van der Waals surface area contributed by atoms with Crippen LogP contribution >= 0.6 is 22.6 Å². The van der Waals surface area contributed by atoms with Gasteiger partial charge in [-0.3, -0.25) is 5.10 Å². The van der Waals surface area contributed by atoms with Crippen molar-refractivity contribution >= 4 is 39.2 Å². The Hall–Kier alpha value is -1.90. The monoisotopic (exact) mass is 410 g/mol. The van der Waals surface area contributed by atoms with Crippen LogP contribution in [0.2, 0.25) is 0 Å². The normalized spacial score (nSPS) is 17.0. The molecule has 3 aromatic rings. The number of hydrogen-bond donors (Lipinski definition) is 2. The third kappa shape index (κ3) is 2.20. The minimum Gasteiger partial charge on any atom is -0.471 e. The highest BCUT2D eigenvalue weighted by Gasteiger charge is 2.19. The van der Waals surface area contributed by atoms with Crippen molar-refractivity contribution in [3.63, 3.8) is 0 Å². The molecule has 2 N–H and O–H groups in total. The lowest BCUT2D eigenvalue weighted by Gasteiger charge is -2.23. The van der Waals surface area contributed by atoms with Gasteiger partial charge in [0.15, 0.2) is 0 Å². The van der Waals surface area contributed by atoms with E-state index in [9.17, 15) is 4.39 Å². The first-order valence-electron chi connectivity index (χ1n) is 6.87. The number of halogens is 2. The molecule has 5 nitrogen and oxygen atoms in total. The summed E-state index contributed by atoms with van der Waals surface area (Å²) < 4.78 is 20.1. The van der Waals surface area contributed by atoms with Crippen LogP contribution < -0.4 is 10.1 Å². The molecule has 0 fully saturated rings. The molecule has 1 aromatic carbocycles. The third-order valence-corrected chi connectivity index (χ3v) is 4.43. The number of aromatic amines is 1. The number of rotatable bonds is 1. The highest BCUT2D eigenvalue weighted by Crippen LogP contribution is 2.33. The second-order valence-corrected chi connectivity index (χ2v) is 6.40. The van der Waals surface area contributed by atoms with Crippen LogP contribution in [0.25, 0.3) is 22.3 Å². The van der Waals surface area contributed by atoms with Crippen LogP contribution in [0.1, 0.15) is 6.92 Å². The summed E-state index contributed by atoms with van der Waals surface area (Å²) in [5.41, 5.74) is 2.92. The zero-order valence-corrected chi connectivity index (χ0v) is 13.8. The standard InChI is InChI=1S/C15H12FIN4O/c1-7-6-18-12-3-2-11(19-15(12)22-7)14-8-4-9(16)10(17)5-13(8)20-21-14/h2-5,7,18H,6H2,1H3,(H,20,21). The molecule has 4 rings (SSSR count). The highest BCUT2D eigenvalue weighted by molar-refractivity contribution is 14.1. The molecule has 3 heterocycles. The van der Waals surface area contributed by atoms with E-state index in [-0.39, 0.29) is 11.9 Å². The maximum atomic E-state index is 13.8. The Morgan fingerprint density at radius 1 is 1.36 bits per heavy atom. The van der Waals surface area contributed by atoms with Crippen molar-refractivity contribution in [3.8, 4) is 17.3 Å². The number of nitrogens with zero attached hydrogens (tertiary/aromatic N) is 2. The Balaban J connectivity index is 1.85. The lowest BCUT2D eigenvalue weighted by Crippen LogP contribution is -2.28. The largest absolute Gasteiger partial charge is 0.471 e. The molecule has 1 aliphatic rings. The van der Waals surface area contributed by atoms with Crippen LogP contribution in [0.4, 0.5) is 10.1 Å². The SMILES string of the molecule is CC1CNc2ccc(-c3n[nH]c4cc(I)c(F)cc34)nc2O1. The summed E-state index contributed by atoms with van der Waals surface area (Å²) in [5, 5.41) is 11.2. The van der Waals surface area contributed by atoms with Crippen molar-refractivity contribution in [2.24, 2.45) is 0 Å². The zero-order valence-electron chi connectivity index (χ0n) is 11.7. The topological polar surface area (TPSA) is 62.8 Å². The van der Waals surface area contributed by atoms with Crippen LogP contribution in [0.3, 0.4) is 0 Å². The van der Waals surface area contributed by atoms with Crippen LogP contribution in [-0.4, -0.2) is 27.8 Å². The van der Waals surface area contributed by atoms with Gasteiger partial charge in [0.25, 0.3) is 0 Å². The molecule has 22 heavy (non-hydrogen) atoms. The highest BCUT2D eigenvalue weighted by atomic mass is 127. The molecule has 112 valence electrons. The first-order valence-corrected chi connectivity index (χ1v) is 7.95. The van der Waals surface area contributed by atoms with Gasteiger partial charge in [-0.05, 0) is 53.8 Å². The molecule has 0 amide bonds. The van der Waals surface area contributed by atoms with Gasteiger partial charge in [0, 0.05) is 5.39 Å². The quantitative estimate of drug-likeness (QED) is 0.603. The molecule has 0 saturated heterocycles. The number of nitrogens with one attached hydrogen (secondary N) is 2. The van der Waals surface area contributed by atoms with Crippen molar-refractivity contribution in [1.82, 2.24) is 15.2 Å². The first-order chi connectivity index (χ1) is 10.6. The fourth-order valence-corrected chi connectivity index (χ4v) is 2.96. The molecule has 2 aromatic heterocycles. The summed E-state index contributed by atoms with van der Waals surface area (Å²) >= 11 is 1.96. The van der Waals surface area contributed by atoms with Crippen LogP contribution in [0, 0.1) is 9.39 Å². The number of benzene rings is 1. The molecule has 0 aliphatic carbocycles. The Kier molecular flexibility index (Phi) is 3.17. The van der Waals surface area contributed by atoms with Crippen molar-refractivity contribution in [1.29, 1.82) is 0 Å². The molecular formula is C15H12FIN4O. The van der Waals surface area contributed by atoms with Gasteiger partial charge in [-0.15, -0.1) is 0 Å². The molecule has 0 saturated carbocycles. The second-order valence-electron chi connectivity index (χ2n) is 5.24. The Bertz CT molecular complexity index is 879. The van der Waals surface area contributed by atoms with E-state index in [1.807, 2.05) is 41.6 Å². The zero-order chi connectivity index (χ0) is 15.3.